The minimum absolute atomic E-state index is 0.106. The van der Waals surface area contributed by atoms with Crippen LogP contribution in [0.2, 0.25) is 0 Å². The van der Waals surface area contributed by atoms with Crippen LogP contribution in [0.25, 0.3) is 0 Å². The Hall–Kier alpha value is -2.81. The normalized spacial score (nSPS) is 24.2. The quantitative estimate of drug-likeness (QED) is 0.659. The standard InChI is InChI=1S/C25H30F3N3O3/c1-23(2,33)17-24(18-8-4-3-5-9-18)12-15-31(22(32)34-24)19-10-7-14-30(16-19)21-20(25(26,27)28)11-6-13-29-21/h3-6,8-9,11,13,19,33H,7,10,12,14-17H2,1-2H3. The smallest absolute Gasteiger partial charge is 0.419 e. The number of amides is 1. The average Bonchev–Trinajstić information content (AvgIpc) is 2.78. The number of aliphatic hydroxyl groups is 1. The molecule has 0 radical (unpaired) electrons. The van der Waals surface area contributed by atoms with E-state index in [2.05, 4.69) is 4.98 Å². The maximum atomic E-state index is 13.5. The number of nitrogens with zero attached hydrogens (tertiary/aromatic N) is 3. The highest BCUT2D eigenvalue weighted by molar-refractivity contribution is 5.70. The van der Waals surface area contributed by atoms with Gasteiger partial charge in [0.2, 0.25) is 0 Å². The molecule has 2 atom stereocenters. The van der Waals surface area contributed by atoms with Gasteiger partial charge in [-0.15, -0.1) is 0 Å². The summed E-state index contributed by atoms with van der Waals surface area (Å²) in [5.41, 5.74) is -1.98. The molecule has 1 amide bonds. The van der Waals surface area contributed by atoms with E-state index in [4.69, 9.17) is 4.74 Å². The van der Waals surface area contributed by atoms with Gasteiger partial charge in [-0.3, -0.25) is 0 Å². The number of hydrogen-bond acceptors (Lipinski definition) is 5. The molecule has 0 saturated carbocycles. The maximum absolute atomic E-state index is 13.5. The van der Waals surface area contributed by atoms with E-state index in [0.29, 0.717) is 32.4 Å². The van der Waals surface area contributed by atoms with E-state index in [0.717, 1.165) is 11.6 Å². The number of carbonyl (C=O) groups is 1. The molecule has 184 valence electrons. The van der Waals surface area contributed by atoms with Gasteiger partial charge in [0.15, 0.2) is 0 Å². The van der Waals surface area contributed by atoms with Crippen molar-refractivity contribution in [2.75, 3.05) is 24.5 Å². The minimum Gasteiger partial charge on any atom is -0.438 e. The van der Waals surface area contributed by atoms with Crippen LogP contribution in [-0.4, -0.2) is 52.4 Å². The second-order valence-electron chi connectivity index (χ2n) is 9.78. The maximum Gasteiger partial charge on any atom is 0.419 e. The molecule has 3 heterocycles. The van der Waals surface area contributed by atoms with Gasteiger partial charge in [-0.05, 0) is 44.4 Å². The summed E-state index contributed by atoms with van der Waals surface area (Å²) < 4.78 is 46.6. The summed E-state index contributed by atoms with van der Waals surface area (Å²) in [6.07, 6.45) is -1.65. The van der Waals surface area contributed by atoms with Gasteiger partial charge < -0.3 is 19.6 Å². The van der Waals surface area contributed by atoms with Crippen LogP contribution >= 0.6 is 0 Å². The zero-order valence-corrected chi connectivity index (χ0v) is 19.4. The molecule has 9 heteroatoms. The highest BCUT2D eigenvalue weighted by Gasteiger charge is 2.47. The summed E-state index contributed by atoms with van der Waals surface area (Å²) >= 11 is 0. The summed E-state index contributed by atoms with van der Waals surface area (Å²) in [6.45, 7) is 4.44. The van der Waals surface area contributed by atoms with Crippen LogP contribution in [0.1, 0.15) is 50.7 Å². The predicted molar refractivity (Wildman–Crippen MR) is 121 cm³/mol. The van der Waals surface area contributed by atoms with Gasteiger partial charge in [0, 0.05) is 38.7 Å². The molecule has 2 unspecified atom stereocenters. The highest BCUT2D eigenvalue weighted by Crippen LogP contribution is 2.42. The molecule has 2 aliphatic rings. The number of carbonyl (C=O) groups excluding carboxylic acids is 1. The van der Waals surface area contributed by atoms with E-state index < -0.39 is 29.0 Å². The highest BCUT2D eigenvalue weighted by atomic mass is 19.4. The van der Waals surface area contributed by atoms with Crippen molar-refractivity contribution >= 4 is 11.9 Å². The number of alkyl halides is 3. The Morgan fingerprint density at radius 1 is 1.15 bits per heavy atom. The van der Waals surface area contributed by atoms with Crippen molar-refractivity contribution in [3.05, 3.63) is 59.8 Å². The molecule has 2 aliphatic heterocycles. The molecule has 0 aliphatic carbocycles. The molecule has 2 aromatic rings. The third-order valence-electron chi connectivity index (χ3n) is 6.52. The van der Waals surface area contributed by atoms with Crippen LogP contribution in [-0.2, 0) is 16.5 Å². The van der Waals surface area contributed by atoms with Crippen LogP contribution < -0.4 is 4.90 Å². The van der Waals surface area contributed by atoms with Crippen molar-refractivity contribution in [3.8, 4) is 0 Å². The minimum atomic E-state index is -4.51. The molecule has 34 heavy (non-hydrogen) atoms. The fourth-order valence-electron chi connectivity index (χ4n) is 5.14. The Labute approximate surface area is 197 Å². The zero-order valence-electron chi connectivity index (χ0n) is 19.4. The number of hydrogen-bond donors (Lipinski definition) is 1. The summed E-state index contributed by atoms with van der Waals surface area (Å²) in [4.78, 5) is 20.5. The molecular weight excluding hydrogens is 447 g/mol. The molecule has 1 aromatic carbocycles. The topological polar surface area (TPSA) is 65.9 Å². The number of halogens is 3. The second-order valence-corrected chi connectivity index (χ2v) is 9.78. The van der Waals surface area contributed by atoms with Crippen molar-refractivity contribution in [2.45, 2.75) is 63.0 Å². The van der Waals surface area contributed by atoms with Crippen LogP contribution in [0, 0.1) is 0 Å². The molecule has 0 spiro atoms. The van der Waals surface area contributed by atoms with E-state index in [1.807, 2.05) is 30.3 Å². The predicted octanol–water partition coefficient (Wildman–Crippen LogP) is 4.97. The number of aromatic nitrogens is 1. The fraction of sp³-hybridized carbons (Fsp3) is 0.520. The van der Waals surface area contributed by atoms with Gasteiger partial charge in [-0.1, -0.05) is 30.3 Å². The van der Waals surface area contributed by atoms with Crippen molar-refractivity contribution in [3.63, 3.8) is 0 Å². The summed E-state index contributed by atoms with van der Waals surface area (Å²) in [5.74, 6) is -0.106. The number of ether oxygens (including phenoxy) is 1. The SMILES string of the molecule is CC(C)(O)CC1(c2ccccc2)CCN(C2CCCN(c3ncccc3C(F)(F)F)C2)C(=O)O1. The number of pyridine rings is 1. The van der Waals surface area contributed by atoms with Gasteiger partial charge >= 0.3 is 12.3 Å². The number of rotatable bonds is 5. The summed E-state index contributed by atoms with van der Waals surface area (Å²) in [7, 11) is 0. The third-order valence-corrected chi connectivity index (χ3v) is 6.52. The van der Waals surface area contributed by atoms with Crippen LogP contribution in [0.4, 0.5) is 23.8 Å². The van der Waals surface area contributed by atoms with Gasteiger partial charge in [0.1, 0.15) is 11.4 Å². The molecule has 4 rings (SSSR count). The first kappa shape index (κ1) is 24.3. The van der Waals surface area contributed by atoms with Crippen molar-refractivity contribution in [1.82, 2.24) is 9.88 Å². The average molecular weight is 478 g/mol. The second kappa shape index (κ2) is 9.09. The molecule has 1 N–H and O–H groups in total. The summed E-state index contributed by atoms with van der Waals surface area (Å²) in [6, 6.07) is 11.4. The van der Waals surface area contributed by atoms with E-state index in [1.54, 1.807) is 23.6 Å². The van der Waals surface area contributed by atoms with Crippen LogP contribution in [0.3, 0.4) is 0 Å². The zero-order chi connectivity index (χ0) is 24.6. The lowest BCUT2D eigenvalue weighted by molar-refractivity contribution is -0.137. The van der Waals surface area contributed by atoms with Gasteiger partial charge in [0.05, 0.1) is 17.2 Å². The van der Waals surface area contributed by atoms with Crippen molar-refractivity contribution in [2.24, 2.45) is 0 Å². The number of cyclic esters (lactones) is 1. The van der Waals surface area contributed by atoms with Gasteiger partial charge in [0.25, 0.3) is 0 Å². The van der Waals surface area contributed by atoms with Crippen LogP contribution in [0.15, 0.2) is 48.7 Å². The van der Waals surface area contributed by atoms with Gasteiger partial charge in [-0.2, -0.15) is 13.2 Å². The lowest BCUT2D eigenvalue weighted by Crippen LogP contribution is -2.57. The Kier molecular flexibility index (Phi) is 6.50. The Morgan fingerprint density at radius 3 is 2.53 bits per heavy atom. The molecule has 2 fully saturated rings. The van der Waals surface area contributed by atoms with E-state index in [9.17, 15) is 23.1 Å². The number of piperidine rings is 1. The molecular formula is C25H30F3N3O3. The third kappa shape index (κ3) is 5.14. The lowest BCUT2D eigenvalue weighted by Gasteiger charge is -2.47. The molecule has 1 aromatic heterocycles. The Bertz CT molecular complexity index is 1010. The fourth-order valence-corrected chi connectivity index (χ4v) is 5.14. The molecule has 0 bridgehead atoms. The van der Waals surface area contributed by atoms with Crippen molar-refractivity contribution in [1.29, 1.82) is 0 Å². The largest absolute Gasteiger partial charge is 0.438 e. The van der Waals surface area contributed by atoms with E-state index >= 15 is 0 Å². The Morgan fingerprint density at radius 2 is 1.88 bits per heavy atom. The first-order chi connectivity index (χ1) is 16.0. The number of anilines is 1. The molecule has 2 saturated heterocycles. The lowest BCUT2D eigenvalue weighted by atomic mass is 9.80. The van der Waals surface area contributed by atoms with E-state index in [-0.39, 0.29) is 24.8 Å². The first-order valence-electron chi connectivity index (χ1n) is 11.5. The van der Waals surface area contributed by atoms with Crippen LogP contribution in [0.5, 0.6) is 0 Å². The van der Waals surface area contributed by atoms with E-state index in [1.165, 1.54) is 12.3 Å². The first-order valence-corrected chi connectivity index (χ1v) is 11.5. The van der Waals surface area contributed by atoms with Crippen molar-refractivity contribution < 1.29 is 27.8 Å². The monoisotopic (exact) mass is 477 g/mol. The number of benzene rings is 1. The summed E-state index contributed by atoms with van der Waals surface area (Å²) in [5, 5.41) is 10.5. The molecule has 6 nitrogen and oxygen atoms in total. The van der Waals surface area contributed by atoms with Gasteiger partial charge in [-0.25, -0.2) is 9.78 Å². The Balaban J connectivity index is 1.54.